The molecule has 1 amide bonds. The van der Waals surface area contributed by atoms with Crippen LogP contribution in [-0.4, -0.2) is 32.6 Å². The first kappa shape index (κ1) is 16.4. The highest BCUT2D eigenvalue weighted by molar-refractivity contribution is 8.01. The third kappa shape index (κ3) is 5.08. The van der Waals surface area contributed by atoms with Crippen LogP contribution in [0.1, 0.15) is 39.4 Å². The van der Waals surface area contributed by atoms with Crippen molar-refractivity contribution in [2.24, 2.45) is 5.73 Å². The molecular weight excluding hydrogens is 280 g/mol. The average Bonchev–Trinajstić information content (AvgIpc) is 2.71. The van der Waals surface area contributed by atoms with Crippen molar-refractivity contribution in [1.29, 1.82) is 0 Å². The van der Waals surface area contributed by atoms with Crippen LogP contribution in [-0.2, 0) is 4.79 Å². The largest absolute Gasteiger partial charge is 0.368 e. The molecule has 0 saturated carbocycles. The third-order valence-electron chi connectivity index (χ3n) is 2.82. The fourth-order valence-corrected chi connectivity index (χ4v) is 3.92. The van der Waals surface area contributed by atoms with Crippen molar-refractivity contribution in [2.75, 3.05) is 6.54 Å². The second kappa shape index (κ2) is 7.21. The molecule has 0 bridgehead atoms. The molecule has 5 nitrogen and oxygen atoms in total. The fourth-order valence-electron chi connectivity index (χ4n) is 1.78. The first-order chi connectivity index (χ1) is 8.87. The summed E-state index contributed by atoms with van der Waals surface area (Å²) in [6, 6.07) is 0. The Balaban J connectivity index is 2.60. The van der Waals surface area contributed by atoms with Crippen molar-refractivity contribution in [3.05, 3.63) is 5.82 Å². The number of rotatable bonds is 8. The predicted molar refractivity (Wildman–Crippen MR) is 80.5 cm³/mol. The Morgan fingerprint density at radius 2 is 2.32 bits per heavy atom. The van der Waals surface area contributed by atoms with Crippen molar-refractivity contribution in [3.8, 4) is 0 Å². The normalized spacial score (nSPS) is 16.0. The van der Waals surface area contributed by atoms with Crippen LogP contribution in [0.3, 0.4) is 0 Å². The molecule has 1 heterocycles. The monoisotopic (exact) mass is 302 g/mol. The van der Waals surface area contributed by atoms with Crippen molar-refractivity contribution in [2.45, 2.75) is 55.7 Å². The van der Waals surface area contributed by atoms with E-state index in [1.165, 1.54) is 11.5 Å². The summed E-state index contributed by atoms with van der Waals surface area (Å²) in [5.41, 5.74) is 4.86. The molecule has 1 aromatic rings. The van der Waals surface area contributed by atoms with E-state index in [1.54, 1.807) is 11.8 Å². The molecule has 0 fully saturated rings. The van der Waals surface area contributed by atoms with E-state index in [4.69, 9.17) is 5.73 Å². The lowest BCUT2D eigenvalue weighted by atomic mass is 9.95. The van der Waals surface area contributed by atoms with Crippen LogP contribution in [0.2, 0.25) is 0 Å². The summed E-state index contributed by atoms with van der Waals surface area (Å²) in [6.07, 6.45) is 1.64. The number of carbonyl (C=O) groups excluding carboxylic acids is 1. The zero-order valence-corrected chi connectivity index (χ0v) is 13.5. The second-order valence-electron chi connectivity index (χ2n) is 4.86. The number of nitrogens with one attached hydrogen (secondary N) is 1. The third-order valence-corrected chi connectivity index (χ3v) is 4.79. The molecule has 1 aromatic heterocycles. The van der Waals surface area contributed by atoms with Gasteiger partial charge in [0, 0.05) is 5.25 Å². The number of thioether (sulfide) groups is 1. The van der Waals surface area contributed by atoms with Crippen molar-refractivity contribution >= 4 is 29.2 Å². The minimum atomic E-state index is -0.665. The first-order valence-electron chi connectivity index (χ1n) is 6.39. The molecule has 3 N–H and O–H groups in total. The number of aryl methyl sites for hydroxylation is 1. The van der Waals surface area contributed by atoms with Gasteiger partial charge in [0.15, 0.2) is 4.34 Å². The Hall–Kier alpha value is -0.660. The van der Waals surface area contributed by atoms with Gasteiger partial charge in [-0.25, -0.2) is 4.98 Å². The van der Waals surface area contributed by atoms with Gasteiger partial charge in [0.25, 0.3) is 0 Å². The van der Waals surface area contributed by atoms with E-state index < -0.39 is 5.54 Å². The Morgan fingerprint density at radius 3 is 2.79 bits per heavy atom. The standard InChI is InChI=1S/C12H22N4OS2/c1-5-6-14-12(4,10(13)17)7-8(2)18-11-15-9(3)16-19-11/h8,14H,5-7H2,1-4H3,(H2,13,17). The first-order valence-corrected chi connectivity index (χ1v) is 8.04. The van der Waals surface area contributed by atoms with Crippen molar-refractivity contribution in [3.63, 3.8) is 0 Å². The number of primary amides is 1. The van der Waals surface area contributed by atoms with Gasteiger partial charge >= 0.3 is 0 Å². The number of amides is 1. The Kier molecular flexibility index (Phi) is 6.22. The summed E-state index contributed by atoms with van der Waals surface area (Å²) in [4.78, 5) is 16.0. The van der Waals surface area contributed by atoms with Gasteiger partial charge in [-0.15, -0.1) is 0 Å². The highest BCUT2D eigenvalue weighted by Gasteiger charge is 2.32. The number of nitrogens with zero attached hydrogens (tertiary/aromatic N) is 2. The zero-order chi connectivity index (χ0) is 14.5. The smallest absolute Gasteiger partial charge is 0.237 e. The quantitative estimate of drug-likeness (QED) is 0.718. The van der Waals surface area contributed by atoms with Gasteiger partial charge in [-0.1, -0.05) is 25.6 Å². The predicted octanol–water partition coefficient (Wildman–Crippen LogP) is 1.96. The van der Waals surface area contributed by atoms with E-state index in [9.17, 15) is 4.79 Å². The van der Waals surface area contributed by atoms with Crippen LogP contribution in [0.15, 0.2) is 4.34 Å². The topological polar surface area (TPSA) is 80.9 Å². The summed E-state index contributed by atoms with van der Waals surface area (Å²) >= 11 is 3.03. The Labute approximate surface area is 122 Å². The zero-order valence-electron chi connectivity index (χ0n) is 11.9. The van der Waals surface area contributed by atoms with Crippen molar-refractivity contribution in [1.82, 2.24) is 14.7 Å². The lowest BCUT2D eigenvalue weighted by Crippen LogP contribution is -2.54. The summed E-state index contributed by atoms with van der Waals surface area (Å²) in [5, 5.41) is 3.49. The molecule has 0 aliphatic carbocycles. The van der Waals surface area contributed by atoms with Gasteiger partial charge in [0.2, 0.25) is 5.91 Å². The molecule has 2 atom stereocenters. The van der Waals surface area contributed by atoms with Gasteiger partial charge in [-0.3, -0.25) is 4.79 Å². The van der Waals surface area contributed by atoms with E-state index in [1.807, 2.05) is 13.8 Å². The molecule has 0 radical (unpaired) electrons. The van der Waals surface area contributed by atoms with Crippen LogP contribution in [0.5, 0.6) is 0 Å². The minimum Gasteiger partial charge on any atom is -0.368 e. The molecular formula is C12H22N4OS2. The van der Waals surface area contributed by atoms with Gasteiger partial charge in [-0.05, 0) is 44.8 Å². The van der Waals surface area contributed by atoms with E-state index in [2.05, 4.69) is 28.5 Å². The number of nitrogens with two attached hydrogens (primary N) is 1. The molecule has 0 spiro atoms. The number of hydrogen-bond donors (Lipinski definition) is 2. The maximum absolute atomic E-state index is 11.6. The van der Waals surface area contributed by atoms with Crippen LogP contribution in [0.4, 0.5) is 0 Å². The van der Waals surface area contributed by atoms with E-state index in [0.29, 0.717) is 6.42 Å². The molecule has 0 aliphatic rings. The van der Waals surface area contributed by atoms with E-state index in [-0.39, 0.29) is 11.2 Å². The van der Waals surface area contributed by atoms with Crippen LogP contribution in [0, 0.1) is 6.92 Å². The number of hydrogen-bond acceptors (Lipinski definition) is 6. The summed E-state index contributed by atoms with van der Waals surface area (Å²) in [5.74, 6) is 0.489. The van der Waals surface area contributed by atoms with Gasteiger partial charge in [0.05, 0.1) is 5.54 Å². The highest BCUT2D eigenvalue weighted by atomic mass is 32.2. The lowest BCUT2D eigenvalue weighted by Gasteiger charge is -2.29. The van der Waals surface area contributed by atoms with Crippen LogP contribution < -0.4 is 11.1 Å². The number of carbonyl (C=O) groups is 1. The number of aromatic nitrogens is 2. The molecule has 2 unspecified atom stereocenters. The van der Waals surface area contributed by atoms with Gasteiger partial charge < -0.3 is 11.1 Å². The SMILES string of the molecule is CCCNC(C)(CC(C)Sc1nc(C)ns1)C(N)=O. The van der Waals surface area contributed by atoms with Crippen LogP contribution >= 0.6 is 23.3 Å². The molecule has 0 saturated heterocycles. The van der Waals surface area contributed by atoms with Crippen molar-refractivity contribution < 1.29 is 4.79 Å². The maximum Gasteiger partial charge on any atom is 0.237 e. The molecule has 108 valence electrons. The van der Waals surface area contributed by atoms with Crippen LogP contribution in [0.25, 0.3) is 0 Å². The van der Waals surface area contributed by atoms with E-state index >= 15 is 0 Å². The fraction of sp³-hybridized carbons (Fsp3) is 0.750. The average molecular weight is 302 g/mol. The van der Waals surface area contributed by atoms with E-state index in [0.717, 1.165) is 23.1 Å². The lowest BCUT2D eigenvalue weighted by molar-refractivity contribution is -0.124. The van der Waals surface area contributed by atoms with Gasteiger partial charge in [0.1, 0.15) is 5.82 Å². The second-order valence-corrected chi connectivity index (χ2v) is 7.30. The molecule has 19 heavy (non-hydrogen) atoms. The Morgan fingerprint density at radius 1 is 1.63 bits per heavy atom. The van der Waals surface area contributed by atoms with Gasteiger partial charge in [-0.2, -0.15) is 4.37 Å². The Bertz CT molecular complexity index is 424. The summed E-state index contributed by atoms with van der Waals surface area (Å²) in [6.45, 7) is 8.68. The summed E-state index contributed by atoms with van der Waals surface area (Å²) in [7, 11) is 0. The molecule has 0 aliphatic heterocycles. The molecule has 7 heteroatoms. The molecule has 1 rings (SSSR count). The summed E-state index contributed by atoms with van der Waals surface area (Å²) < 4.78 is 5.09. The highest BCUT2D eigenvalue weighted by Crippen LogP contribution is 2.29. The molecule has 0 aromatic carbocycles. The maximum atomic E-state index is 11.6. The minimum absolute atomic E-state index is 0.245.